The molecule has 2 nitrogen and oxygen atoms in total. The monoisotopic (exact) mass is 190 g/mol. The molecule has 1 aromatic rings. The van der Waals surface area contributed by atoms with Crippen molar-refractivity contribution in [1.29, 1.82) is 0 Å². The first-order chi connectivity index (χ1) is 6.52. The van der Waals surface area contributed by atoms with Gasteiger partial charge in [0.25, 0.3) is 0 Å². The van der Waals surface area contributed by atoms with Gasteiger partial charge >= 0.3 is 0 Å². The Balaban J connectivity index is 2.64. The van der Waals surface area contributed by atoms with Crippen LogP contribution in [0, 0.1) is 0 Å². The van der Waals surface area contributed by atoms with Crippen molar-refractivity contribution in [2.24, 2.45) is 0 Å². The van der Waals surface area contributed by atoms with Gasteiger partial charge in [-0.2, -0.15) is 0 Å². The largest absolute Gasteiger partial charge is 0.507 e. The average molecular weight is 190 g/mol. The van der Waals surface area contributed by atoms with Gasteiger partial charge in [0.1, 0.15) is 17.1 Å². The van der Waals surface area contributed by atoms with Crippen molar-refractivity contribution in [2.75, 3.05) is 0 Å². The molecule has 1 N–H and O–H groups in total. The predicted molar refractivity (Wildman–Crippen MR) is 56.4 cm³/mol. The summed E-state index contributed by atoms with van der Waals surface area (Å²) in [5, 5.41) is 9.97. The number of para-hydroxylation sites is 1. The Morgan fingerprint density at radius 2 is 1.86 bits per heavy atom. The Hall–Kier alpha value is -1.44. The second-order valence-electron chi connectivity index (χ2n) is 4.08. The average Bonchev–Trinajstić information content (AvgIpc) is 2.14. The Morgan fingerprint density at radius 1 is 1.21 bits per heavy atom. The minimum Gasteiger partial charge on any atom is -0.507 e. The predicted octanol–water partition coefficient (Wildman–Crippen LogP) is 3.15. The molecule has 1 aromatic carbocycles. The van der Waals surface area contributed by atoms with Crippen molar-refractivity contribution >= 4 is 5.76 Å². The Morgan fingerprint density at radius 3 is 2.57 bits per heavy atom. The summed E-state index contributed by atoms with van der Waals surface area (Å²) < 4.78 is 5.78. The molecule has 0 aromatic heterocycles. The third-order valence-corrected chi connectivity index (χ3v) is 2.77. The molecule has 2 rings (SSSR count). The van der Waals surface area contributed by atoms with Crippen molar-refractivity contribution in [3.05, 3.63) is 35.4 Å². The van der Waals surface area contributed by atoms with Gasteiger partial charge in [0.2, 0.25) is 0 Å². The van der Waals surface area contributed by atoms with E-state index < -0.39 is 5.60 Å². The summed E-state index contributed by atoms with van der Waals surface area (Å²) >= 11 is 0. The lowest BCUT2D eigenvalue weighted by molar-refractivity contribution is 0.139. The van der Waals surface area contributed by atoms with E-state index in [1.54, 1.807) is 0 Å². The third-order valence-electron chi connectivity index (χ3n) is 2.77. The van der Waals surface area contributed by atoms with Gasteiger partial charge in [0.15, 0.2) is 0 Å². The minimum absolute atomic E-state index is 0.344. The van der Waals surface area contributed by atoms with Gasteiger partial charge < -0.3 is 9.84 Å². The van der Waals surface area contributed by atoms with Crippen LogP contribution in [0.5, 0.6) is 5.75 Å². The van der Waals surface area contributed by atoms with Crippen LogP contribution < -0.4 is 4.74 Å². The van der Waals surface area contributed by atoms with Crippen molar-refractivity contribution in [3.63, 3.8) is 0 Å². The zero-order valence-corrected chi connectivity index (χ0v) is 8.66. The summed E-state index contributed by atoms with van der Waals surface area (Å²) in [6, 6.07) is 7.54. The van der Waals surface area contributed by atoms with E-state index in [2.05, 4.69) is 0 Å². The number of ether oxygens (including phenoxy) is 1. The molecule has 0 bridgehead atoms. The zero-order valence-electron chi connectivity index (χ0n) is 8.66. The number of aliphatic hydroxyl groups is 1. The van der Waals surface area contributed by atoms with E-state index in [4.69, 9.17) is 4.74 Å². The quantitative estimate of drug-likeness (QED) is 0.681. The van der Waals surface area contributed by atoms with E-state index >= 15 is 0 Å². The molecule has 0 saturated carbocycles. The third kappa shape index (κ3) is 1.18. The number of hydrogen-bond donors (Lipinski definition) is 1. The first kappa shape index (κ1) is 9.13. The highest BCUT2D eigenvalue weighted by molar-refractivity contribution is 5.70. The normalized spacial score (nSPS) is 18.8. The van der Waals surface area contributed by atoms with Crippen LogP contribution in [0.3, 0.4) is 0 Å². The molecule has 0 fully saturated rings. The minimum atomic E-state index is -0.418. The molecule has 74 valence electrons. The van der Waals surface area contributed by atoms with Crippen LogP contribution in [-0.2, 0) is 0 Å². The Labute approximate surface area is 83.8 Å². The number of fused-ring (bicyclic) bond motifs is 1. The molecule has 0 atom stereocenters. The van der Waals surface area contributed by atoms with Crippen LogP contribution in [0.2, 0.25) is 0 Å². The molecule has 1 aliphatic heterocycles. The first-order valence-electron chi connectivity index (χ1n) is 4.71. The molecule has 1 heterocycles. The molecule has 1 aliphatic rings. The SMILES string of the molecule is CC1=C(O)c2ccccc2OC1(C)C. The van der Waals surface area contributed by atoms with E-state index in [1.165, 1.54) is 0 Å². The van der Waals surface area contributed by atoms with Gasteiger partial charge in [-0.25, -0.2) is 0 Å². The van der Waals surface area contributed by atoms with Gasteiger partial charge in [0, 0.05) is 5.57 Å². The van der Waals surface area contributed by atoms with E-state index in [0.29, 0.717) is 5.76 Å². The molecule has 0 spiro atoms. The van der Waals surface area contributed by atoms with Crippen LogP contribution in [0.15, 0.2) is 29.8 Å². The summed E-state index contributed by atoms with van der Waals surface area (Å²) in [4.78, 5) is 0. The maximum atomic E-state index is 9.97. The maximum Gasteiger partial charge on any atom is 0.131 e. The molecule has 2 heteroatoms. The number of rotatable bonds is 0. The lowest BCUT2D eigenvalue weighted by atomic mass is 9.92. The summed E-state index contributed by atoms with van der Waals surface area (Å²) in [6.45, 7) is 5.80. The zero-order chi connectivity index (χ0) is 10.3. The van der Waals surface area contributed by atoms with Crippen molar-refractivity contribution < 1.29 is 9.84 Å². The Bertz CT molecular complexity index is 403. The summed E-state index contributed by atoms with van der Waals surface area (Å²) in [6.07, 6.45) is 0. The van der Waals surface area contributed by atoms with Gasteiger partial charge in [-0.1, -0.05) is 12.1 Å². The highest BCUT2D eigenvalue weighted by Crippen LogP contribution is 2.38. The fourth-order valence-electron chi connectivity index (χ4n) is 1.59. The van der Waals surface area contributed by atoms with Gasteiger partial charge in [-0.05, 0) is 32.9 Å². The Kier molecular flexibility index (Phi) is 1.81. The van der Waals surface area contributed by atoms with Crippen LogP contribution in [0.4, 0.5) is 0 Å². The number of aliphatic hydroxyl groups excluding tert-OH is 1. The maximum absolute atomic E-state index is 9.97. The summed E-state index contributed by atoms with van der Waals surface area (Å²) in [7, 11) is 0. The standard InChI is InChI=1S/C12H14O2/c1-8-11(13)9-6-4-5-7-10(9)14-12(8,2)3/h4-7,13H,1-3H3. The highest BCUT2D eigenvalue weighted by Gasteiger charge is 2.31. The van der Waals surface area contributed by atoms with Crippen LogP contribution in [-0.4, -0.2) is 10.7 Å². The molecule has 0 amide bonds. The molecule has 0 saturated heterocycles. The lowest BCUT2D eigenvalue weighted by Gasteiger charge is -2.33. The van der Waals surface area contributed by atoms with Crippen molar-refractivity contribution in [1.82, 2.24) is 0 Å². The summed E-state index contributed by atoms with van der Waals surface area (Å²) in [5.41, 5.74) is 1.24. The van der Waals surface area contributed by atoms with E-state index in [1.807, 2.05) is 45.0 Å². The number of benzene rings is 1. The van der Waals surface area contributed by atoms with Crippen molar-refractivity contribution in [2.45, 2.75) is 26.4 Å². The van der Waals surface area contributed by atoms with Crippen LogP contribution in [0.25, 0.3) is 5.76 Å². The highest BCUT2D eigenvalue weighted by atomic mass is 16.5. The second-order valence-corrected chi connectivity index (χ2v) is 4.08. The van der Waals surface area contributed by atoms with Gasteiger partial charge in [0.05, 0.1) is 5.56 Å². The van der Waals surface area contributed by atoms with Crippen LogP contribution >= 0.6 is 0 Å². The van der Waals surface area contributed by atoms with E-state index in [0.717, 1.165) is 16.9 Å². The van der Waals surface area contributed by atoms with Crippen LogP contribution in [0.1, 0.15) is 26.3 Å². The lowest BCUT2D eigenvalue weighted by Crippen LogP contribution is -2.33. The number of hydrogen-bond acceptors (Lipinski definition) is 2. The molecule has 14 heavy (non-hydrogen) atoms. The topological polar surface area (TPSA) is 29.5 Å². The fourth-order valence-corrected chi connectivity index (χ4v) is 1.59. The van der Waals surface area contributed by atoms with Crippen molar-refractivity contribution in [3.8, 4) is 5.75 Å². The summed E-state index contributed by atoms with van der Waals surface area (Å²) in [5.74, 6) is 1.09. The molecular weight excluding hydrogens is 176 g/mol. The molecule has 0 unspecified atom stereocenters. The molecular formula is C12H14O2. The van der Waals surface area contributed by atoms with E-state index in [-0.39, 0.29) is 0 Å². The fraction of sp³-hybridized carbons (Fsp3) is 0.333. The molecule has 0 radical (unpaired) electrons. The molecule has 0 aliphatic carbocycles. The first-order valence-corrected chi connectivity index (χ1v) is 4.71. The second kappa shape index (κ2) is 2.77. The van der Waals surface area contributed by atoms with Gasteiger partial charge in [-0.15, -0.1) is 0 Å². The van der Waals surface area contributed by atoms with E-state index in [9.17, 15) is 5.11 Å². The smallest absolute Gasteiger partial charge is 0.131 e. The van der Waals surface area contributed by atoms with Gasteiger partial charge in [-0.3, -0.25) is 0 Å².